The molecule has 0 radical (unpaired) electrons. The predicted octanol–water partition coefficient (Wildman–Crippen LogP) is 7.95. The minimum absolute atomic E-state index is 0.273. The molecule has 0 aliphatic rings. The van der Waals surface area contributed by atoms with Crippen molar-refractivity contribution in [2.24, 2.45) is 0 Å². The van der Waals surface area contributed by atoms with E-state index in [0.29, 0.717) is 17.7 Å². The van der Waals surface area contributed by atoms with Crippen molar-refractivity contribution in [1.29, 1.82) is 0 Å². The van der Waals surface area contributed by atoms with Gasteiger partial charge in [-0.25, -0.2) is 22.0 Å². The fraction of sp³-hybridized carbons (Fsp3) is 0.0769. The van der Waals surface area contributed by atoms with Crippen molar-refractivity contribution in [3.8, 4) is 33.4 Å². The van der Waals surface area contributed by atoms with Gasteiger partial charge in [0.1, 0.15) is 11.6 Å². The molecule has 0 saturated heterocycles. The van der Waals surface area contributed by atoms with E-state index in [2.05, 4.69) is 6.92 Å². The highest BCUT2D eigenvalue weighted by Crippen LogP contribution is 2.33. The molecule has 31 heavy (non-hydrogen) atoms. The van der Waals surface area contributed by atoms with Crippen molar-refractivity contribution in [1.82, 2.24) is 0 Å². The van der Waals surface area contributed by atoms with Crippen LogP contribution in [0.2, 0.25) is 0 Å². The van der Waals surface area contributed by atoms with Crippen LogP contribution >= 0.6 is 0 Å². The summed E-state index contributed by atoms with van der Waals surface area (Å²) in [4.78, 5) is 0. The lowest BCUT2D eigenvalue weighted by Crippen LogP contribution is -1.97. The Morgan fingerprint density at radius 3 is 1.32 bits per heavy atom. The molecule has 0 amide bonds. The zero-order chi connectivity index (χ0) is 22.1. The Morgan fingerprint density at radius 2 is 0.871 bits per heavy atom. The number of aryl methyl sites for hydroxylation is 1. The van der Waals surface area contributed by atoms with Crippen LogP contribution in [0.15, 0.2) is 72.8 Å². The monoisotopic (exact) mass is 424 g/mol. The van der Waals surface area contributed by atoms with Gasteiger partial charge < -0.3 is 0 Å². The fourth-order valence-corrected chi connectivity index (χ4v) is 3.50. The second kappa shape index (κ2) is 8.34. The van der Waals surface area contributed by atoms with Crippen LogP contribution in [0, 0.1) is 29.1 Å². The van der Waals surface area contributed by atoms with Gasteiger partial charge in [-0.15, -0.1) is 0 Å². The van der Waals surface area contributed by atoms with E-state index >= 15 is 0 Å². The van der Waals surface area contributed by atoms with Gasteiger partial charge in [-0.05, 0) is 64.1 Å². The van der Waals surface area contributed by atoms with Crippen LogP contribution in [0.3, 0.4) is 0 Å². The molecule has 4 rings (SSSR count). The van der Waals surface area contributed by atoms with Gasteiger partial charge in [0.15, 0.2) is 17.5 Å². The molecule has 0 bridgehead atoms. The van der Waals surface area contributed by atoms with E-state index in [1.807, 2.05) is 36.4 Å². The molecule has 5 heteroatoms. The molecule has 0 aliphatic carbocycles. The highest BCUT2D eigenvalue weighted by Gasteiger charge is 2.18. The minimum Gasteiger partial charge on any atom is -0.206 e. The molecule has 0 unspecified atom stereocenters. The van der Waals surface area contributed by atoms with Crippen LogP contribution in [-0.2, 0) is 6.42 Å². The summed E-state index contributed by atoms with van der Waals surface area (Å²) in [5.41, 5.74) is 3.04. The van der Waals surface area contributed by atoms with Gasteiger partial charge in [0.05, 0.1) is 5.56 Å². The largest absolute Gasteiger partial charge is 0.206 e. The van der Waals surface area contributed by atoms with Gasteiger partial charge in [0.2, 0.25) is 0 Å². The summed E-state index contributed by atoms with van der Waals surface area (Å²) in [5, 5.41) is 0. The Balaban J connectivity index is 1.68. The average Bonchev–Trinajstić information content (AvgIpc) is 2.77. The Hall–Kier alpha value is -3.47. The summed E-state index contributed by atoms with van der Waals surface area (Å²) >= 11 is 0. The maximum absolute atomic E-state index is 14.7. The fourth-order valence-electron chi connectivity index (χ4n) is 3.50. The van der Waals surface area contributed by atoms with Crippen molar-refractivity contribution < 1.29 is 22.0 Å². The zero-order valence-electron chi connectivity index (χ0n) is 16.5. The van der Waals surface area contributed by atoms with Crippen LogP contribution in [0.4, 0.5) is 22.0 Å². The van der Waals surface area contributed by atoms with Gasteiger partial charge in [-0.2, -0.15) is 0 Å². The molecule has 0 heterocycles. The molecule has 0 atom stereocenters. The summed E-state index contributed by atoms with van der Waals surface area (Å²) in [6.45, 7) is 2.08. The van der Waals surface area contributed by atoms with E-state index in [1.165, 1.54) is 5.56 Å². The highest BCUT2D eigenvalue weighted by molar-refractivity contribution is 5.74. The zero-order valence-corrected chi connectivity index (χ0v) is 16.5. The summed E-state index contributed by atoms with van der Waals surface area (Å²) in [7, 11) is 0. The number of benzene rings is 4. The molecule has 156 valence electrons. The quantitative estimate of drug-likeness (QED) is 0.230. The third kappa shape index (κ3) is 4.08. The standard InChI is InChI=1S/C26H17F5/c1-2-15-3-5-16(6-4-15)17-7-9-18(10-8-17)19-11-21(27)25(22(28)12-19)20-13-23(29)26(31)24(30)14-20/h3-14H,2H2,1H3. The minimum atomic E-state index is -1.69. The average molecular weight is 424 g/mol. The smallest absolute Gasteiger partial charge is 0.194 e. The second-order valence-corrected chi connectivity index (χ2v) is 7.20. The Labute approximate surface area is 176 Å². The molecule has 0 aromatic heterocycles. The first-order chi connectivity index (χ1) is 14.9. The van der Waals surface area contributed by atoms with Crippen molar-refractivity contribution in [2.75, 3.05) is 0 Å². The molecular weight excluding hydrogens is 407 g/mol. The first kappa shape index (κ1) is 20.8. The SMILES string of the molecule is CCc1ccc(-c2ccc(-c3cc(F)c(-c4cc(F)c(F)c(F)c4)c(F)c3)cc2)cc1. The third-order valence-electron chi connectivity index (χ3n) is 5.23. The lowest BCUT2D eigenvalue weighted by molar-refractivity contribution is 0.447. The molecule has 0 fully saturated rings. The molecule has 4 aromatic carbocycles. The Morgan fingerprint density at radius 1 is 0.484 bits per heavy atom. The van der Waals surface area contributed by atoms with E-state index in [-0.39, 0.29) is 5.56 Å². The van der Waals surface area contributed by atoms with Crippen molar-refractivity contribution in [3.05, 3.63) is 107 Å². The lowest BCUT2D eigenvalue weighted by atomic mass is 9.96. The summed E-state index contributed by atoms with van der Waals surface area (Å²) in [6.07, 6.45) is 0.948. The van der Waals surface area contributed by atoms with Gasteiger partial charge >= 0.3 is 0 Å². The van der Waals surface area contributed by atoms with Crippen LogP contribution in [-0.4, -0.2) is 0 Å². The van der Waals surface area contributed by atoms with Gasteiger partial charge in [-0.3, -0.25) is 0 Å². The van der Waals surface area contributed by atoms with Gasteiger partial charge in [-0.1, -0.05) is 55.5 Å². The number of rotatable bonds is 4. The lowest BCUT2D eigenvalue weighted by Gasteiger charge is -2.10. The Bertz CT molecular complexity index is 1200. The van der Waals surface area contributed by atoms with E-state index < -0.39 is 40.2 Å². The van der Waals surface area contributed by atoms with Crippen molar-refractivity contribution >= 4 is 0 Å². The summed E-state index contributed by atoms with van der Waals surface area (Å²) in [6, 6.07) is 18.6. The van der Waals surface area contributed by atoms with Crippen molar-refractivity contribution in [3.63, 3.8) is 0 Å². The van der Waals surface area contributed by atoms with E-state index in [0.717, 1.165) is 29.7 Å². The molecule has 0 saturated carbocycles. The molecule has 0 nitrogen and oxygen atoms in total. The van der Waals surface area contributed by atoms with Gasteiger partial charge in [0.25, 0.3) is 0 Å². The number of hydrogen-bond acceptors (Lipinski definition) is 0. The van der Waals surface area contributed by atoms with Crippen LogP contribution in [0.1, 0.15) is 12.5 Å². The third-order valence-corrected chi connectivity index (χ3v) is 5.23. The molecule has 0 spiro atoms. The first-order valence-electron chi connectivity index (χ1n) is 9.71. The molecule has 4 aromatic rings. The van der Waals surface area contributed by atoms with E-state index in [1.54, 1.807) is 12.1 Å². The van der Waals surface area contributed by atoms with E-state index in [9.17, 15) is 22.0 Å². The molecule has 0 N–H and O–H groups in total. The number of hydrogen-bond donors (Lipinski definition) is 0. The molecular formula is C26H17F5. The van der Waals surface area contributed by atoms with Crippen molar-refractivity contribution in [2.45, 2.75) is 13.3 Å². The van der Waals surface area contributed by atoms with E-state index in [4.69, 9.17) is 0 Å². The normalized spacial score (nSPS) is 11.0. The van der Waals surface area contributed by atoms with Crippen LogP contribution in [0.25, 0.3) is 33.4 Å². The Kier molecular flexibility index (Phi) is 5.59. The predicted molar refractivity (Wildman–Crippen MR) is 112 cm³/mol. The molecule has 0 aliphatic heterocycles. The van der Waals surface area contributed by atoms with Crippen LogP contribution < -0.4 is 0 Å². The summed E-state index contributed by atoms with van der Waals surface area (Å²) in [5.74, 6) is -6.72. The maximum Gasteiger partial charge on any atom is 0.194 e. The number of halogens is 5. The highest BCUT2D eigenvalue weighted by atomic mass is 19.2. The van der Waals surface area contributed by atoms with Crippen LogP contribution in [0.5, 0.6) is 0 Å². The second-order valence-electron chi connectivity index (χ2n) is 7.20. The first-order valence-corrected chi connectivity index (χ1v) is 9.71. The maximum atomic E-state index is 14.7. The summed E-state index contributed by atoms with van der Waals surface area (Å²) < 4.78 is 69.5. The van der Waals surface area contributed by atoms with Gasteiger partial charge in [0, 0.05) is 0 Å². The topological polar surface area (TPSA) is 0 Å².